The summed E-state index contributed by atoms with van der Waals surface area (Å²) in [6, 6.07) is 18.5. The van der Waals surface area contributed by atoms with Gasteiger partial charge in [0.15, 0.2) is 0 Å². The fraction of sp³-hybridized carbons (Fsp3) is 0.440. The van der Waals surface area contributed by atoms with E-state index in [-0.39, 0.29) is 0 Å². The van der Waals surface area contributed by atoms with Gasteiger partial charge >= 0.3 is 0 Å². The van der Waals surface area contributed by atoms with Crippen molar-refractivity contribution in [3.05, 3.63) is 83.6 Å². The van der Waals surface area contributed by atoms with Gasteiger partial charge < -0.3 is 5.32 Å². The van der Waals surface area contributed by atoms with Gasteiger partial charge in [0, 0.05) is 12.0 Å². The SMILES string of the molecule is C=CNC1C(c2ccc(CC)c(CCc3ccccc3)c2)CCC1(C)C. The number of aryl methyl sites for hydroxylation is 3. The molecule has 2 aromatic carbocycles. The Morgan fingerprint density at radius 1 is 1.08 bits per heavy atom. The van der Waals surface area contributed by atoms with Crippen LogP contribution >= 0.6 is 0 Å². The van der Waals surface area contributed by atoms with Crippen LogP contribution in [0.25, 0.3) is 0 Å². The van der Waals surface area contributed by atoms with Crippen molar-refractivity contribution >= 4 is 0 Å². The summed E-state index contributed by atoms with van der Waals surface area (Å²) in [5.74, 6) is 0.574. The molecule has 1 aliphatic carbocycles. The molecule has 0 aliphatic heterocycles. The second kappa shape index (κ2) is 8.12. The van der Waals surface area contributed by atoms with Crippen LogP contribution in [0.5, 0.6) is 0 Å². The molecule has 0 bridgehead atoms. The molecule has 0 heterocycles. The molecule has 0 saturated heterocycles. The smallest absolute Gasteiger partial charge is 0.0375 e. The summed E-state index contributed by atoms with van der Waals surface area (Å²) in [5, 5.41) is 3.55. The molecular weight excluding hydrogens is 314 g/mol. The first kappa shape index (κ1) is 18.8. The molecule has 26 heavy (non-hydrogen) atoms. The minimum atomic E-state index is 0.312. The first-order valence-electron chi connectivity index (χ1n) is 10.1. The predicted molar refractivity (Wildman–Crippen MR) is 113 cm³/mol. The lowest BCUT2D eigenvalue weighted by atomic mass is 9.82. The van der Waals surface area contributed by atoms with E-state index in [0.717, 1.165) is 19.3 Å². The number of hydrogen-bond acceptors (Lipinski definition) is 1. The second-order valence-corrected chi connectivity index (χ2v) is 8.35. The number of nitrogens with one attached hydrogen (secondary N) is 1. The standard InChI is InChI=1S/C25H33N/c1-5-20-14-15-22(23-16-17-25(3,4)24(23)26-6-2)18-21(20)13-12-19-10-8-7-9-11-19/h6-11,14-15,18,23-24,26H,2,5,12-13,16-17H2,1,3-4H3. The summed E-state index contributed by atoms with van der Waals surface area (Å²) in [5.41, 5.74) is 6.25. The van der Waals surface area contributed by atoms with E-state index < -0.39 is 0 Å². The molecule has 1 fully saturated rings. The van der Waals surface area contributed by atoms with Crippen LogP contribution in [0.1, 0.15) is 61.8 Å². The van der Waals surface area contributed by atoms with Crippen molar-refractivity contribution in [3.63, 3.8) is 0 Å². The van der Waals surface area contributed by atoms with Crippen LogP contribution in [0.3, 0.4) is 0 Å². The van der Waals surface area contributed by atoms with Gasteiger partial charge in [0.25, 0.3) is 0 Å². The van der Waals surface area contributed by atoms with Crippen molar-refractivity contribution in [2.75, 3.05) is 0 Å². The van der Waals surface area contributed by atoms with Crippen LogP contribution < -0.4 is 5.32 Å². The van der Waals surface area contributed by atoms with Gasteiger partial charge in [-0.3, -0.25) is 0 Å². The Kier molecular flexibility index (Phi) is 5.86. The minimum absolute atomic E-state index is 0.312. The first-order chi connectivity index (χ1) is 12.5. The normalized spacial score (nSPS) is 21.5. The van der Waals surface area contributed by atoms with Gasteiger partial charge in [-0.1, -0.05) is 75.9 Å². The minimum Gasteiger partial charge on any atom is -0.387 e. The Hall–Kier alpha value is -2.02. The third-order valence-electron chi connectivity index (χ3n) is 6.21. The highest BCUT2D eigenvalue weighted by Crippen LogP contribution is 2.46. The zero-order valence-electron chi connectivity index (χ0n) is 16.6. The van der Waals surface area contributed by atoms with Crippen LogP contribution in [-0.2, 0) is 19.3 Å². The monoisotopic (exact) mass is 347 g/mol. The third kappa shape index (κ3) is 4.03. The molecule has 1 saturated carbocycles. The van der Waals surface area contributed by atoms with Crippen molar-refractivity contribution in [1.29, 1.82) is 0 Å². The van der Waals surface area contributed by atoms with Crippen molar-refractivity contribution in [2.45, 2.75) is 64.8 Å². The average molecular weight is 348 g/mol. The van der Waals surface area contributed by atoms with Crippen molar-refractivity contribution < 1.29 is 0 Å². The molecular formula is C25H33N. The Labute approximate surface area is 159 Å². The summed E-state index contributed by atoms with van der Waals surface area (Å²) in [4.78, 5) is 0. The van der Waals surface area contributed by atoms with E-state index in [1.54, 1.807) is 0 Å². The van der Waals surface area contributed by atoms with E-state index in [1.165, 1.54) is 35.1 Å². The van der Waals surface area contributed by atoms with Crippen LogP contribution in [0.4, 0.5) is 0 Å². The van der Waals surface area contributed by atoms with E-state index in [1.807, 2.05) is 6.20 Å². The Balaban J connectivity index is 1.83. The third-order valence-corrected chi connectivity index (χ3v) is 6.21. The Morgan fingerprint density at radius 3 is 2.54 bits per heavy atom. The molecule has 3 rings (SSSR count). The maximum Gasteiger partial charge on any atom is 0.0375 e. The molecule has 2 unspecified atom stereocenters. The van der Waals surface area contributed by atoms with Gasteiger partial charge in [0.05, 0.1) is 0 Å². The highest BCUT2D eigenvalue weighted by atomic mass is 14.9. The fourth-order valence-corrected chi connectivity index (χ4v) is 4.60. The topological polar surface area (TPSA) is 12.0 Å². The molecule has 0 spiro atoms. The molecule has 0 aromatic heterocycles. The zero-order chi connectivity index (χ0) is 18.6. The number of rotatable bonds is 7. The largest absolute Gasteiger partial charge is 0.387 e. The van der Waals surface area contributed by atoms with Crippen LogP contribution in [-0.4, -0.2) is 6.04 Å². The lowest BCUT2D eigenvalue weighted by molar-refractivity contribution is 0.293. The van der Waals surface area contributed by atoms with E-state index in [4.69, 9.17) is 0 Å². The summed E-state index contributed by atoms with van der Waals surface area (Å²) in [7, 11) is 0. The molecule has 1 heteroatoms. The molecule has 1 nitrogen and oxygen atoms in total. The number of benzene rings is 2. The molecule has 2 atom stereocenters. The van der Waals surface area contributed by atoms with E-state index in [9.17, 15) is 0 Å². The summed E-state index contributed by atoms with van der Waals surface area (Å²) < 4.78 is 0. The average Bonchev–Trinajstić information content (AvgIpc) is 2.95. The summed E-state index contributed by atoms with van der Waals surface area (Å²) in [6.07, 6.45) is 7.73. The quantitative estimate of drug-likeness (QED) is 0.644. The Morgan fingerprint density at radius 2 is 1.85 bits per heavy atom. The van der Waals surface area contributed by atoms with Crippen LogP contribution in [0.2, 0.25) is 0 Å². The second-order valence-electron chi connectivity index (χ2n) is 8.35. The van der Waals surface area contributed by atoms with Gasteiger partial charge in [0.1, 0.15) is 0 Å². The van der Waals surface area contributed by atoms with E-state index in [0.29, 0.717) is 17.4 Å². The highest BCUT2D eigenvalue weighted by Gasteiger charge is 2.42. The zero-order valence-corrected chi connectivity index (χ0v) is 16.6. The fourth-order valence-electron chi connectivity index (χ4n) is 4.60. The maximum absolute atomic E-state index is 3.91. The van der Waals surface area contributed by atoms with Gasteiger partial charge in [-0.2, -0.15) is 0 Å². The maximum atomic E-state index is 3.91. The molecule has 1 aliphatic rings. The molecule has 1 N–H and O–H groups in total. The molecule has 0 radical (unpaired) electrons. The van der Waals surface area contributed by atoms with Crippen LogP contribution in [0.15, 0.2) is 61.3 Å². The lowest BCUT2D eigenvalue weighted by Crippen LogP contribution is -2.38. The van der Waals surface area contributed by atoms with Crippen molar-refractivity contribution in [2.24, 2.45) is 5.41 Å². The van der Waals surface area contributed by atoms with Crippen molar-refractivity contribution in [3.8, 4) is 0 Å². The van der Waals surface area contributed by atoms with Gasteiger partial charge in [-0.15, -0.1) is 0 Å². The summed E-state index contributed by atoms with van der Waals surface area (Å²) in [6.45, 7) is 10.9. The number of hydrogen-bond donors (Lipinski definition) is 1. The Bertz CT molecular complexity index is 729. The molecule has 0 amide bonds. The van der Waals surface area contributed by atoms with Gasteiger partial charge in [0.2, 0.25) is 0 Å². The lowest BCUT2D eigenvalue weighted by Gasteiger charge is -2.31. The predicted octanol–water partition coefficient (Wildman–Crippen LogP) is 6.04. The van der Waals surface area contributed by atoms with E-state index >= 15 is 0 Å². The molecule has 138 valence electrons. The highest BCUT2D eigenvalue weighted by molar-refractivity contribution is 5.36. The van der Waals surface area contributed by atoms with Gasteiger partial charge in [-0.25, -0.2) is 0 Å². The molecule has 2 aromatic rings. The van der Waals surface area contributed by atoms with Crippen LogP contribution in [0, 0.1) is 5.41 Å². The summed E-state index contributed by atoms with van der Waals surface area (Å²) >= 11 is 0. The van der Waals surface area contributed by atoms with E-state index in [2.05, 4.69) is 81.2 Å². The van der Waals surface area contributed by atoms with Gasteiger partial charge in [-0.05, 0) is 66.0 Å². The van der Waals surface area contributed by atoms with Crippen molar-refractivity contribution in [1.82, 2.24) is 5.32 Å². The first-order valence-corrected chi connectivity index (χ1v) is 10.1.